The van der Waals surface area contributed by atoms with Crippen LogP contribution in [0.2, 0.25) is 0 Å². The largest absolute Gasteiger partial charge is 0.352 e. The van der Waals surface area contributed by atoms with Crippen LogP contribution in [0.4, 0.5) is 5.69 Å². The molecule has 1 heterocycles. The molecular formula is C20H30IN5OS. The fourth-order valence-corrected chi connectivity index (χ4v) is 3.12. The van der Waals surface area contributed by atoms with Crippen LogP contribution < -0.4 is 16.0 Å². The van der Waals surface area contributed by atoms with E-state index in [9.17, 15) is 4.79 Å². The summed E-state index contributed by atoms with van der Waals surface area (Å²) in [5, 5.41) is 12.6. The van der Waals surface area contributed by atoms with Crippen molar-refractivity contribution in [2.24, 2.45) is 10.9 Å². The van der Waals surface area contributed by atoms with Crippen LogP contribution in [-0.4, -0.2) is 23.9 Å². The van der Waals surface area contributed by atoms with Crippen molar-refractivity contribution in [3.63, 3.8) is 0 Å². The zero-order valence-electron chi connectivity index (χ0n) is 17.1. The van der Waals surface area contributed by atoms with Crippen LogP contribution in [0.1, 0.15) is 49.9 Å². The lowest BCUT2D eigenvalue weighted by atomic mass is 10.1. The highest BCUT2D eigenvalue weighted by Gasteiger charge is 2.08. The molecule has 8 heteroatoms. The number of nitrogens with one attached hydrogen (secondary N) is 3. The summed E-state index contributed by atoms with van der Waals surface area (Å²) in [4.78, 5) is 20.6. The van der Waals surface area contributed by atoms with Gasteiger partial charge in [-0.1, -0.05) is 39.8 Å². The van der Waals surface area contributed by atoms with E-state index in [1.54, 1.807) is 18.4 Å². The fourth-order valence-electron chi connectivity index (χ4n) is 2.23. The average molecular weight is 515 g/mol. The molecule has 3 N–H and O–H groups in total. The number of thiazole rings is 1. The number of hydrogen-bond donors (Lipinski definition) is 3. The second-order valence-corrected chi connectivity index (χ2v) is 7.88. The van der Waals surface area contributed by atoms with Crippen LogP contribution in [0.15, 0.2) is 34.6 Å². The Morgan fingerprint density at radius 1 is 1.11 bits per heavy atom. The van der Waals surface area contributed by atoms with Gasteiger partial charge in [0.1, 0.15) is 5.01 Å². The molecule has 28 heavy (non-hydrogen) atoms. The number of hydrogen-bond acceptors (Lipinski definition) is 4. The molecular weight excluding hydrogens is 485 g/mol. The van der Waals surface area contributed by atoms with Gasteiger partial charge in [0.25, 0.3) is 0 Å². The van der Waals surface area contributed by atoms with Gasteiger partial charge in [0, 0.05) is 30.6 Å². The number of nitrogens with zero attached hydrogens (tertiary/aromatic N) is 2. The smallest absolute Gasteiger partial charge is 0.226 e. The van der Waals surface area contributed by atoms with E-state index in [0.29, 0.717) is 19.0 Å². The minimum absolute atomic E-state index is 0. The Kier molecular flexibility index (Phi) is 10.4. The van der Waals surface area contributed by atoms with Gasteiger partial charge in [-0.25, -0.2) is 4.98 Å². The van der Waals surface area contributed by atoms with Gasteiger partial charge in [-0.15, -0.1) is 35.3 Å². The maximum Gasteiger partial charge on any atom is 0.226 e. The van der Waals surface area contributed by atoms with Crippen molar-refractivity contribution < 1.29 is 4.79 Å². The summed E-state index contributed by atoms with van der Waals surface area (Å²) < 4.78 is 0. The molecule has 0 aliphatic rings. The van der Waals surface area contributed by atoms with Gasteiger partial charge < -0.3 is 16.0 Å². The number of benzene rings is 1. The van der Waals surface area contributed by atoms with Gasteiger partial charge in [-0.05, 0) is 23.6 Å². The molecule has 0 unspecified atom stereocenters. The number of anilines is 1. The number of aromatic nitrogens is 1. The number of rotatable bonds is 7. The van der Waals surface area contributed by atoms with Crippen molar-refractivity contribution in [3.05, 3.63) is 45.9 Å². The summed E-state index contributed by atoms with van der Waals surface area (Å²) in [6, 6.07) is 7.81. The summed E-state index contributed by atoms with van der Waals surface area (Å²) in [5.74, 6) is 1.16. The zero-order chi connectivity index (χ0) is 19.8. The molecule has 1 amide bonds. The number of aliphatic imine (C=N–C) groups is 1. The third-order valence-corrected chi connectivity index (χ3v) is 4.86. The van der Waals surface area contributed by atoms with E-state index in [2.05, 4.69) is 45.2 Å². The topological polar surface area (TPSA) is 78.4 Å². The molecule has 0 radical (unpaired) electrons. The molecule has 0 spiro atoms. The van der Waals surface area contributed by atoms with Gasteiger partial charge >= 0.3 is 0 Å². The lowest BCUT2D eigenvalue weighted by molar-refractivity contribution is -0.118. The number of amides is 1. The minimum Gasteiger partial charge on any atom is -0.352 e. The van der Waals surface area contributed by atoms with E-state index in [0.717, 1.165) is 27.9 Å². The number of carbonyl (C=O) groups is 1. The fraction of sp³-hybridized carbons (Fsp3) is 0.450. The Labute approximate surface area is 188 Å². The first-order valence-electron chi connectivity index (χ1n) is 9.17. The highest BCUT2D eigenvalue weighted by Crippen LogP contribution is 2.17. The first-order chi connectivity index (χ1) is 12.9. The molecule has 154 valence electrons. The third-order valence-electron chi connectivity index (χ3n) is 4.00. The Bertz CT molecular complexity index is 771. The highest BCUT2D eigenvalue weighted by atomic mass is 127. The first kappa shape index (κ1) is 24.4. The molecule has 1 aromatic heterocycles. The van der Waals surface area contributed by atoms with Crippen LogP contribution in [0.3, 0.4) is 0 Å². The highest BCUT2D eigenvalue weighted by molar-refractivity contribution is 14.0. The van der Waals surface area contributed by atoms with E-state index in [1.165, 1.54) is 0 Å². The molecule has 0 fully saturated rings. The van der Waals surface area contributed by atoms with Crippen molar-refractivity contribution in [1.82, 2.24) is 15.6 Å². The van der Waals surface area contributed by atoms with E-state index < -0.39 is 0 Å². The van der Waals surface area contributed by atoms with Crippen LogP contribution in [0, 0.1) is 5.92 Å². The van der Waals surface area contributed by atoms with E-state index in [-0.39, 0.29) is 35.8 Å². The maximum absolute atomic E-state index is 11.7. The van der Waals surface area contributed by atoms with Crippen molar-refractivity contribution in [1.29, 1.82) is 0 Å². The Morgan fingerprint density at radius 2 is 1.75 bits per heavy atom. The summed E-state index contributed by atoms with van der Waals surface area (Å²) in [5.41, 5.74) is 3.05. The molecule has 6 nitrogen and oxygen atoms in total. The standard InChI is InChI=1S/C20H29N5OS.HI/c1-13(2)17-12-27-18(25-17)11-23-20(21-5)22-10-15-6-8-16(9-7-15)24-19(26)14(3)4;/h6-9,12-14H,10-11H2,1-5H3,(H,24,26)(H2,21,22,23);1H. The maximum atomic E-state index is 11.7. The minimum atomic E-state index is -0.0322. The van der Waals surface area contributed by atoms with E-state index in [1.807, 2.05) is 38.1 Å². The van der Waals surface area contributed by atoms with Crippen molar-refractivity contribution in [2.45, 2.75) is 46.7 Å². The molecule has 1 aromatic carbocycles. The molecule has 2 rings (SSSR count). The van der Waals surface area contributed by atoms with Gasteiger partial charge in [0.15, 0.2) is 5.96 Å². The summed E-state index contributed by atoms with van der Waals surface area (Å²) in [7, 11) is 1.75. The monoisotopic (exact) mass is 515 g/mol. The van der Waals surface area contributed by atoms with Crippen LogP contribution >= 0.6 is 35.3 Å². The van der Waals surface area contributed by atoms with Gasteiger partial charge in [-0.3, -0.25) is 9.79 Å². The van der Waals surface area contributed by atoms with Crippen molar-refractivity contribution in [2.75, 3.05) is 12.4 Å². The SMILES string of the molecule is CN=C(NCc1ccc(NC(=O)C(C)C)cc1)NCc1nc(C(C)C)cs1.I. The molecule has 0 aliphatic heterocycles. The van der Waals surface area contributed by atoms with Gasteiger partial charge in [0.05, 0.1) is 12.2 Å². The number of carbonyl (C=O) groups excluding carboxylic acids is 1. The normalized spacial score (nSPS) is 11.3. The molecule has 0 atom stereocenters. The van der Waals surface area contributed by atoms with Crippen molar-refractivity contribution >= 4 is 52.9 Å². The Balaban J connectivity index is 0.00000392. The molecule has 0 saturated heterocycles. The van der Waals surface area contributed by atoms with Gasteiger partial charge in [-0.2, -0.15) is 0 Å². The predicted octanol–water partition coefficient (Wildman–Crippen LogP) is 4.34. The summed E-state index contributed by atoms with van der Waals surface area (Å²) >= 11 is 1.66. The lowest BCUT2D eigenvalue weighted by Gasteiger charge is -2.12. The van der Waals surface area contributed by atoms with Gasteiger partial charge in [0.2, 0.25) is 5.91 Å². The summed E-state index contributed by atoms with van der Waals surface area (Å²) in [6.07, 6.45) is 0. The Hall–Kier alpha value is -1.68. The van der Waals surface area contributed by atoms with Crippen molar-refractivity contribution in [3.8, 4) is 0 Å². The van der Waals surface area contributed by atoms with Crippen LogP contribution in [-0.2, 0) is 17.9 Å². The van der Waals surface area contributed by atoms with E-state index in [4.69, 9.17) is 0 Å². The second kappa shape index (κ2) is 12.0. The summed E-state index contributed by atoms with van der Waals surface area (Å²) in [6.45, 7) is 9.34. The molecule has 0 saturated carbocycles. The molecule has 0 aliphatic carbocycles. The predicted molar refractivity (Wildman–Crippen MR) is 129 cm³/mol. The second-order valence-electron chi connectivity index (χ2n) is 6.94. The molecule has 2 aromatic rings. The molecule has 0 bridgehead atoms. The third kappa shape index (κ3) is 7.75. The lowest BCUT2D eigenvalue weighted by Crippen LogP contribution is -2.36. The van der Waals surface area contributed by atoms with Crippen LogP contribution in [0.25, 0.3) is 0 Å². The number of guanidine groups is 1. The van der Waals surface area contributed by atoms with Crippen LogP contribution in [0.5, 0.6) is 0 Å². The quantitative estimate of drug-likeness (QED) is 0.291. The Morgan fingerprint density at radius 3 is 2.29 bits per heavy atom. The zero-order valence-corrected chi connectivity index (χ0v) is 20.2. The number of halogens is 1. The average Bonchev–Trinajstić information content (AvgIpc) is 3.12. The van der Waals surface area contributed by atoms with E-state index >= 15 is 0 Å². The first-order valence-corrected chi connectivity index (χ1v) is 10.1.